The number of nitrogens with zero attached hydrogens (tertiary/aromatic N) is 2. The second-order valence-corrected chi connectivity index (χ2v) is 4.59. The van der Waals surface area contributed by atoms with Gasteiger partial charge in [-0.1, -0.05) is 0 Å². The summed E-state index contributed by atoms with van der Waals surface area (Å²) in [5.41, 5.74) is 0.112. The summed E-state index contributed by atoms with van der Waals surface area (Å²) in [4.78, 5) is 39.7. The number of rotatable bonds is 5. The van der Waals surface area contributed by atoms with Gasteiger partial charge in [0.25, 0.3) is 5.91 Å². The van der Waals surface area contributed by atoms with Gasteiger partial charge in [-0.2, -0.15) is 0 Å². The monoisotopic (exact) mass is 344 g/mol. The minimum Gasteiger partial charge on any atom is -0.468 e. The van der Waals surface area contributed by atoms with Gasteiger partial charge >= 0.3 is 11.9 Å². The van der Waals surface area contributed by atoms with Crippen molar-refractivity contribution >= 4 is 33.8 Å². The van der Waals surface area contributed by atoms with Crippen LogP contribution in [0.25, 0.3) is 0 Å². The fraction of sp³-hybridized carbons (Fsp3) is 0.333. The lowest BCUT2D eigenvalue weighted by Crippen LogP contribution is -2.40. The van der Waals surface area contributed by atoms with Gasteiger partial charge in [-0.3, -0.25) is 14.4 Å². The van der Waals surface area contributed by atoms with Crippen LogP contribution in [0.4, 0.5) is 0 Å². The zero-order chi connectivity index (χ0) is 15.1. The number of carbonyl (C=O) groups is 3. The number of hydrogen-bond acceptors (Lipinski definition) is 6. The molecule has 0 aliphatic heterocycles. The molecule has 1 rings (SSSR count). The molecule has 7 nitrogen and oxygen atoms in total. The topological polar surface area (TPSA) is 85.8 Å². The maximum atomic E-state index is 12.2. The highest BCUT2D eigenvalue weighted by Gasteiger charge is 2.23. The van der Waals surface area contributed by atoms with Crippen molar-refractivity contribution in [2.45, 2.75) is 0 Å². The van der Waals surface area contributed by atoms with Gasteiger partial charge in [0.1, 0.15) is 18.8 Å². The van der Waals surface area contributed by atoms with Gasteiger partial charge in [-0.15, -0.1) is 0 Å². The molecule has 1 heterocycles. The molecule has 0 bridgehead atoms. The Morgan fingerprint density at radius 1 is 1.15 bits per heavy atom. The van der Waals surface area contributed by atoms with Gasteiger partial charge in [-0.05, 0) is 28.1 Å². The van der Waals surface area contributed by atoms with E-state index in [-0.39, 0.29) is 18.8 Å². The Morgan fingerprint density at radius 2 is 1.70 bits per heavy atom. The first-order chi connectivity index (χ1) is 9.47. The molecule has 20 heavy (non-hydrogen) atoms. The molecule has 108 valence electrons. The van der Waals surface area contributed by atoms with Crippen LogP contribution in [0.5, 0.6) is 0 Å². The first kappa shape index (κ1) is 16.1. The predicted molar refractivity (Wildman–Crippen MR) is 71.9 cm³/mol. The predicted octanol–water partition coefficient (Wildman–Crippen LogP) is 0.632. The van der Waals surface area contributed by atoms with Crippen LogP contribution in [0, 0.1) is 0 Å². The number of amides is 1. The maximum absolute atomic E-state index is 12.2. The lowest BCUT2D eigenvalue weighted by atomic mass is 10.3. The first-order valence-corrected chi connectivity index (χ1v) is 6.31. The Balaban J connectivity index is 2.90. The molecule has 1 aromatic heterocycles. The maximum Gasteiger partial charge on any atom is 0.325 e. The van der Waals surface area contributed by atoms with Crippen LogP contribution >= 0.6 is 15.9 Å². The van der Waals surface area contributed by atoms with Crippen LogP contribution in [-0.4, -0.2) is 55.0 Å². The number of halogens is 1. The van der Waals surface area contributed by atoms with Gasteiger partial charge < -0.3 is 14.4 Å². The second-order valence-electron chi connectivity index (χ2n) is 3.68. The second kappa shape index (κ2) is 7.59. The summed E-state index contributed by atoms with van der Waals surface area (Å²) in [6.45, 7) is -0.718. The minimum atomic E-state index is -0.639. The van der Waals surface area contributed by atoms with Crippen molar-refractivity contribution < 1.29 is 23.9 Å². The van der Waals surface area contributed by atoms with Crippen LogP contribution < -0.4 is 0 Å². The Kier molecular flexibility index (Phi) is 6.10. The minimum absolute atomic E-state index is 0.112. The smallest absolute Gasteiger partial charge is 0.325 e. The van der Waals surface area contributed by atoms with Gasteiger partial charge in [-0.25, -0.2) is 4.98 Å². The number of hydrogen-bond donors (Lipinski definition) is 0. The van der Waals surface area contributed by atoms with Crippen LogP contribution in [0.15, 0.2) is 22.8 Å². The largest absolute Gasteiger partial charge is 0.468 e. The molecule has 8 heteroatoms. The Hall–Kier alpha value is -1.96. The highest BCUT2D eigenvalue weighted by molar-refractivity contribution is 9.10. The van der Waals surface area contributed by atoms with Crippen molar-refractivity contribution in [3.8, 4) is 0 Å². The van der Waals surface area contributed by atoms with E-state index in [4.69, 9.17) is 0 Å². The summed E-state index contributed by atoms with van der Waals surface area (Å²) in [5.74, 6) is -1.84. The third-order valence-electron chi connectivity index (χ3n) is 2.33. The first-order valence-electron chi connectivity index (χ1n) is 5.52. The average molecular weight is 345 g/mol. The molecule has 0 spiro atoms. The van der Waals surface area contributed by atoms with E-state index in [0.717, 1.165) is 4.90 Å². The molecular weight excluding hydrogens is 332 g/mol. The third kappa shape index (κ3) is 4.61. The average Bonchev–Trinajstić information content (AvgIpc) is 2.46. The molecule has 0 radical (unpaired) electrons. The summed E-state index contributed by atoms with van der Waals surface area (Å²) in [6, 6.07) is 3.11. The van der Waals surface area contributed by atoms with Crippen molar-refractivity contribution in [2.24, 2.45) is 0 Å². The summed E-state index contributed by atoms with van der Waals surface area (Å²) < 4.78 is 9.69. The van der Waals surface area contributed by atoms with E-state index in [1.54, 1.807) is 6.07 Å². The number of ether oxygens (including phenoxy) is 2. The fourth-order valence-corrected chi connectivity index (χ4v) is 1.54. The number of carbonyl (C=O) groups excluding carboxylic acids is 3. The molecule has 0 unspecified atom stereocenters. The number of pyridine rings is 1. The summed E-state index contributed by atoms with van der Waals surface area (Å²) >= 11 is 3.20. The lowest BCUT2D eigenvalue weighted by molar-refractivity contribution is -0.144. The Bertz CT molecular complexity index is 485. The molecular formula is C12H13BrN2O5. The summed E-state index contributed by atoms with van der Waals surface area (Å²) in [7, 11) is 2.39. The van der Waals surface area contributed by atoms with E-state index < -0.39 is 17.8 Å². The number of esters is 2. The van der Waals surface area contributed by atoms with Crippen LogP contribution in [0.3, 0.4) is 0 Å². The van der Waals surface area contributed by atoms with Gasteiger partial charge in [0.15, 0.2) is 0 Å². The van der Waals surface area contributed by atoms with E-state index >= 15 is 0 Å². The SMILES string of the molecule is COC(=O)CN(CC(=O)OC)C(=O)c1ccc(Br)cn1. The van der Waals surface area contributed by atoms with E-state index in [1.807, 2.05) is 0 Å². The fourth-order valence-electron chi connectivity index (χ4n) is 1.30. The van der Waals surface area contributed by atoms with E-state index in [0.29, 0.717) is 4.47 Å². The summed E-state index contributed by atoms with van der Waals surface area (Å²) in [6.07, 6.45) is 1.45. The Morgan fingerprint density at radius 3 is 2.10 bits per heavy atom. The number of aromatic nitrogens is 1. The molecule has 0 aliphatic carbocycles. The molecule has 0 saturated carbocycles. The van der Waals surface area contributed by atoms with Gasteiger partial charge in [0.2, 0.25) is 0 Å². The molecule has 0 aromatic carbocycles. The van der Waals surface area contributed by atoms with E-state index in [9.17, 15) is 14.4 Å². The van der Waals surface area contributed by atoms with Gasteiger partial charge in [0.05, 0.1) is 14.2 Å². The van der Waals surface area contributed by atoms with Crippen LogP contribution in [-0.2, 0) is 19.1 Å². The van der Waals surface area contributed by atoms with Crippen molar-refractivity contribution in [3.63, 3.8) is 0 Å². The van der Waals surface area contributed by atoms with E-state index in [1.165, 1.54) is 26.5 Å². The zero-order valence-electron chi connectivity index (χ0n) is 11.0. The van der Waals surface area contributed by atoms with Crippen LogP contribution in [0.2, 0.25) is 0 Å². The van der Waals surface area contributed by atoms with Crippen molar-refractivity contribution in [3.05, 3.63) is 28.5 Å². The normalized spacial score (nSPS) is 9.75. The molecule has 1 amide bonds. The molecule has 0 atom stereocenters. The molecule has 0 N–H and O–H groups in total. The molecule has 1 aromatic rings. The van der Waals surface area contributed by atoms with E-state index in [2.05, 4.69) is 30.4 Å². The van der Waals surface area contributed by atoms with Gasteiger partial charge in [0, 0.05) is 10.7 Å². The molecule has 0 fully saturated rings. The highest BCUT2D eigenvalue weighted by atomic mass is 79.9. The van der Waals surface area contributed by atoms with Crippen molar-refractivity contribution in [1.82, 2.24) is 9.88 Å². The summed E-state index contributed by atoms with van der Waals surface area (Å²) in [5, 5.41) is 0. The third-order valence-corrected chi connectivity index (χ3v) is 2.80. The highest BCUT2D eigenvalue weighted by Crippen LogP contribution is 2.09. The zero-order valence-corrected chi connectivity index (χ0v) is 12.5. The van der Waals surface area contributed by atoms with Crippen LogP contribution in [0.1, 0.15) is 10.5 Å². The number of methoxy groups -OCH3 is 2. The molecule has 0 aliphatic rings. The standard InChI is InChI=1S/C12H13BrN2O5/c1-19-10(16)6-15(7-11(17)20-2)12(18)9-4-3-8(13)5-14-9/h3-5H,6-7H2,1-2H3. The lowest BCUT2D eigenvalue weighted by Gasteiger charge is -2.19. The molecule has 0 saturated heterocycles. The van der Waals surface area contributed by atoms with Crippen molar-refractivity contribution in [1.29, 1.82) is 0 Å². The Labute approximate surface area is 124 Å². The quantitative estimate of drug-likeness (QED) is 0.728. The van der Waals surface area contributed by atoms with Crippen molar-refractivity contribution in [2.75, 3.05) is 27.3 Å².